The summed E-state index contributed by atoms with van der Waals surface area (Å²) in [7, 11) is 1.99. The summed E-state index contributed by atoms with van der Waals surface area (Å²) in [6.45, 7) is 7.02. The number of aryl methyl sites for hydroxylation is 1. The third kappa shape index (κ3) is 3.85. The first-order valence-corrected chi connectivity index (χ1v) is 6.79. The van der Waals surface area contributed by atoms with Crippen molar-refractivity contribution >= 4 is 11.3 Å². The van der Waals surface area contributed by atoms with Crippen molar-refractivity contribution in [2.75, 3.05) is 13.7 Å². The van der Waals surface area contributed by atoms with Crippen LogP contribution in [0.3, 0.4) is 0 Å². The highest BCUT2D eigenvalue weighted by Gasteiger charge is 2.20. The monoisotopic (exact) mass is 242 g/mol. The lowest BCUT2D eigenvalue weighted by Gasteiger charge is -2.25. The second-order valence-electron chi connectivity index (χ2n) is 3.88. The topological polar surface area (TPSA) is 34.1 Å². The van der Waals surface area contributed by atoms with Gasteiger partial charge >= 0.3 is 0 Å². The van der Waals surface area contributed by atoms with Crippen molar-refractivity contribution in [3.63, 3.8) is 0 Å². The van der Waals surface area contributed by atoms with Crippen LogP contribution in [0.25, 0.3) is 0 Å². The van der Waals surface area contributed by atoms with E-state index in [1.807, 2.05) is 20.9 Å². The van der Waals surface area contributed by atoms with Gasteiger partial charge in [-0.05, 0) is 27.3 Å². The lowest BCUT2D eigenvalue weighted by Crippen LogP contribution is -2.40. The Balaban J connectivity index is 2.59. The van der Waals surface area contributed by atoms with Crippen LogP contribution >= 0.6 is 11.3 Å². The first-order valence-electron chi connectivity index (χ1n) is 5.91. The van der Waals surface area contributed by atoms with Crippen LogP contribution < -0.4 is 5.32 Å². The van der Waals surface area contributed by atoms with E-state index in [4.69, 9.17) is 4.74 Å². The highest BCUT2D eigenvalue weighted by atomic mass is 32.1. The summed E-state index contributed by atoms with van der Waals surface area (Å²) in [4.78, 5) is 4.50. The molecule has 1 N–H and O–H groups in total. The summed E-state index contributed by atoms with van der Waals surface area (Å²) in [5.74, 6) is 0. The largest absolute Gasteiger partial charge is 0.377 e. The number of rotatable bonds is 7. The fraction of sp³-hybridized carbons (Fsp3) is 0.750. The van der Waals surface area contributed by atoms with E-state index in [0.717, 1.165) is 25.1 Å². The third-order valence-electron chi connectivity index (χ3n) is 2.66. The van der Waals surface area contributed by atoms with Crippen LogP contribution in [0.4, 0.5) is 0 Å². The van der Waals surface area contributed by atoms with Gasteiger partial charge in [0.2, 0.25) is 0 Å². The molecule has 0 aliphatic rings. The van der Waals surface area contributed by atoms with Gasteiger partial charge in [0.15, 0.2) is 0 Å². The average Bonchev–Trinajstić information content (AvgIpc) is 2.69. The first-order chi connectivity index (χ1) is 7.71. The van der Waals surface area contributed by atoms with Crippen LogP contribution in [-0.2, 0) is 11.2 Å². The number of hydrogen-bond acceptors (Lipinski definition) is 4. The molecule has 92 valence electrons. The predicted octanol–water partition coefficient (Wildman–Crippen LogP) is 2.40. The van der Waals surface area contributed by atoms with E-state index in [-0.39, 0.29) is 6.10 Å². The Hall–Kier alpha value is -0.450. The fourth-order valence-corrected chi connectivity index (χ4v) is 2.67. The van der Waals surface area contributed by atoms with Crippen molar-refractivity contribution in [2.24, 2.45) is 0 Å². The van der Waals surface area contributed by atoms with E-state index >= 15 is 0 Å². The van der Waals surface area contributed by atoms with Crippen molar-refractivity contribution in [3.05, 3.63) is 16.1 Å². The minimum atomic E-state index is 0.277. The molecule has 1 heterocycles. The van der Waals surface area contributed by atoms with Gasteiger partial charge in [-0.15, -0.1) is 11.3 Å². The summed E-state index contributed by atoms with van der Waals surface area (Å²) in [5.41, 5.74) is 1.11. The standard InChI is InChI=1S/C12H22N2OS/c1-5-11(15-6-2)10(13-4)7-12-14-9(3)8-16-12/h8,10-11,13H,5-7H2,1-4H3. The van der Waals surface area contributed by atoms with E-state index in [9.17, 15) is 0 Å². The molecule has 0 fully saturated rings. The van der Waals surface area contributed by atoms with Crippen LogP contribution in [0.5, 0.6) is 0 Å². The predicted molar refractivity (Wildman–Crippen MR) is 69.1 cm³/mol. The Morgan fingerprint density at radius 3 is 2.69 bits per heavy atom. The molecule has 0 aliphatic carbocycles. The maximum atomic E-state index is 5.74. The van der Waals surface area contributed by atoms with Crippen LogP contribution in [-0.4, -0.2) is 30.8 Å². The van der Waals surface area contributed by atoms with Crippen LogP contribution in [0.2, 0.25) is 0 Å². The molecule has 0 saturated heterocycles. The van der Waals surface area contributed by atoms with Gasteiger partial charge in [-0.1, -0.05) is 6.92 Å². The van der Waals surface area contributed by atoms with E-state index in [2.05, 4.69) is 22.6 Å². The zero-order valence-corrected chi connectivity index (χ0v) is 11.4. The number of ether oxygens (including phenoxy) is 1. The molecule has 0 amide bonds. The molecule has 0 bridgehead atoms. The first kappa shape index (κ1) is 13.6. The van der Waals surface area contributed by atoms with Gasteiger partial charge in [0, 0.05) is 30.1 Å². The smallest absolute Gasteiger partial charge is 0.0944 e. The van der Waals surface area contributed by atoms with Crippen LogP contribution in [0, 0.1) is 6.92 Å². The lowest BCUT2D eigenvalue weighted by atomic mass is 10.1. The highest BCUT2D eigenvalue weighted by molar-refractivity contribution is 7.09. The lowest BCUT2D eigenvalue weighted by molar-refractivity contribution is 0.0339. The van der Waals surface area contributed by atoms with Gasteiger partial charge in [-0.25, -0.2) is 4.98 Å². The van der Waals surface area contributed by atoms with Crippen molar-refractivity contribution < 1.29 is 4.74 Å². The van der Waals surface area contributed by atoms with Crippen molar-refractivity contribution in [1.29, 1.82) is 0 Å². The van der Waals surface area contributed by atoms with Gasteiger partial charge in [0.1, 0.15) is 0 Å². The molecule has 1 aromatic rings. The van der Waals surface area contributed by atoms with Crippen molar-refractivity contribution in [2.45, 2.75) is 45.8 Å². The summed E-state index contributed by atoms with van der Waals surface area (Å²) >= 11 is 1.73. The molecule has 16 heavy (non-hydrogen) atoms. The average molecular weight is 242 g/mol. The molecule has 0 aromatic carbocycles. The van der Waals surface area contributed by atoms with Gasteiger partial charge in [-0.3, -0.25) is 0 Å². The number of thiazole rings is 1. The molecule has 2 atom stereocenters. The molecule has 2 unspecified atom stereocenters. The quantitative estimate of drug-likeness (QED) is 0.797. The normalized spacial score (nSPS) is 15.0. The van der Waals surface area contributed by atoms with E-state index < -0.39 is 0 Å². The van der Waals surface area contributed by atoms with Gasteiger partial charge in [-0.2, -0.15) is 0 Å². The molecular weight excluding hydrogens is 220 g/mol. The number of aromatic nitrogens is 1. The molecule has 3 nitrogen and oxygen atoms in total. The maximum absolute atomic E-state index is 5.74. The Labute approximate surface area is 102 Å². The maximum Gasteiger partial charge on any atom is 0.0944 e. The van der Waals surface area contributed by atoms with Gasteiger partial charge in [0.05, 0.1) is 11.1 Å². The second-order valence-corrected chi connectivity index (χ2v) is 4.83. The molecule has 0 saturated carbocycles. The summed E-state index contributed by atoms with van der Waals surface area (Å²) in [5, 5.41) is 6.63. The minimum Gasteiger partial charge on any atom is -0.377 e. The zero-order valence-electron chi connectivity index (χ0n) is 10.6. The molecule has 0 aliphatic heterocycles. The highest BCUT2D eigenvalue weighted by Crippen LogP contribution is 2.15. The van der Waals surface area contributed by atoms with Gasteiger partial charge in [0.25, 0.3) is 0 Å². The second kappa shape index (κ2) is 6.99. The zero-order chi connectivity index (χ0) is 12.0. The Kier molecular flexibility index (Phi) is 5.95. The Morgan fingerprint density at radius 1 is 1.50 bits per heavy atom. The van der Waals surface area contributed by atoms with E-state index in [0.29, 0.717) is 6.04 Å². The number of nitrogens with zero attached hydrogens (tertiary/aromatic N) is 1. The molecule has 0 spiro atoms. The molecule has 4 heteroatoms. The van der Waals surface area contributed by atoms with Crippen LogP contribution in [0.15, 0.2) is 5.38 Å². The molecular formula is C12H22N2OS. The SMILES string of the molecule is CCOC(CC)C(Cc1nc(C)cs1)NC. The fourth-order valence-electron chi connectivity index (χ4n) is 1.84. The summed E-state index contributed by atoms with van der Waals surface area (Å²) in [6, 6.07) is 0.357. The van der Waals surface area contributed by atoms with Crippen LogP contribution in [0.1, 0.15) is 31.0 Å². The minimum absolute atomic E-state index is 0.277. The number of likely N-dealkylation sites (N-methyl/N-ethyl adjacent to an activating group) is 1. The Morgan fingerprint density at radius 2 is 2.25 bits per heavy atom. The van der Waals surface area contributed by atoms with E-state index in [1.165, 1.54) is 5.01 Å². The number of nitrogens with one attached hydrogen (secondary N) is 1. The van der Waals surface area contributed by atoms with Gasteiger partial charge < -0.3 is 10.1 Å². The molecule has 1 aromatic heterocycles. The van der Waals surface area contributed by atoms with Crippen molar-refractivity contribution in [3.8, 4) is 0 Å². The molecule has 1 rings (SSSR count). The number of hydrogen-bond donors (Lipinski definition) is 1. The van der Waals surface area contributed by atoms with E-state index in [1.54, 1.807) is 11.3 Å². The summed E-state index contributed by atoms with van der Waals surface area (Å²) in [6.07, 6.45) is 2.26. The summed E-state index contributed by atoms with van der Waals surface area (Å²) < 4.78 is 5.74. The Bertz CT molecular complexity index is 301. The molecule has 0 radical (unpaired) electrons. The third-order valence-corrected chi connectivity index (χ3v) is 3.65. The van der Waals surface area contributed by atoms with Crippen molar-refractivity contribution in [1.82, 2.24) is 10.3 Å².